The van der Waals surface area contributed by atoms with Crippen molar-refractivity contribution < 1.29 is 14.2 Å². The summed E-state index contributed by atoms with van der Waals surface area (Å²) < 4.78 is 18.7. The predicted molar refractivity (Wildman–Crippen MR) is 75.8 cm³/mol. The van der Waals surface area contributed by atoms with Crippen molar-refractivity contribution in [3.05, 3.63) is 35.6 Å². The van der Waals surface area contributed by atoms with Gasteiger partial charge in [0, 0.05) is 25.2 Å². The molecule has 0 radical (unpaired) electrons. The molecule has 1 aliphatic heterocycles. The molecule has 4 nitrogen and oxygen atoms in total. The average Bonchev–Trinajstić information content (AvgIpc) is 2.40. The first-order chi connectivity index (χ1) is 9.51. The SMILES string of the molecule is CC1CN(C(c2ccc(F)cc2)C(C)N)CC(CO)O1. The lowest BCUT2D eigenvalue weighted by Crippen LogP contribution is -2.52. The molecular formula is C15H23FN2O2. The summed E-state index contributed by atoms with van der Waals surface area (Å²) in [6.45, 7) is 5.31. The lowest BCUT2D eigenvalue weighted by Gasteiger charge is -2.42. The summed E-state index contributed by atoms with van der Waals surface area (Å²) >= 11 is 0. The normalized spacial score (nSPS) is 27.2. The molecule has 0 aromatic heterocycles. The van der Waals surface area contributed by atoms with E-state index >= 15 is 0 Å². The van der Waals surface area contributed by atoms with E-state index in [0.29, 0.717) is 6.54 Å². The molecule has 0 saturated carbocycles. The number of aliphatic hydroxyl groups excluding tert-OH is 1. The lowest BCUT2D eigenvalue weighted by molar-refractivity contribution is -0.107. The van der Waals surface area contributed by atoms with Gasteiger partial charge in [-0.3, -0.25) is 4.90 Å². The van der Waals surface area contributed by atoms with Crippen LogP contribution in [0, 0.1) is 5.82 Å². The maximum absolute atomic E-state index is 13.1. The number of rotatable bonds is 4. The van der Waals surface area contributed by atoms with Gasteiger partial charge in [-0.25, -0.2) is 4.39 Å². The van der Waals surface area contributed by atoms with E-state index in [1.165, 1.54) is 12.1 Å². The molecule has 1 heterocycles. The van der Waals surface area contributed by atoms with E-state index < -0.39 is 0 Å². The molecule has 0 aliphatic carbocycles. The van der Waals surface area contributed by atoms with Crippen LogP contribution in [-0.4, -0.2) is 48.0 Å². The summed E-state index contributed by atoms with van der Waals surface area (Å²) in [6, 6.07) is 6.37. The zero-order valence-corrected chi connectivity index (χ0v) is 12.0. The highest BCUT2D eigenvalue weighted by Crippen LogP contribution is 2.27. The molecule has 3 N–H and O–H groups in total. The largest absolute Gasteiger partial charge is 0.394 e. The third-order valence-corrected chi connectivity index (χ3v) is 3.66. The quantitative estimate of drug-likeness (QED) is 0.874. The van der Waals surface area contributed by atoms with Gasteiger partial charge in [0.15, 0.2) is 0 Å². The van der Waals surface area contributed by atoms with E-state index in [0.717, 1.165) is 12.1 Å². The first kappa shape index (κ1) is 15.4. The van der Waals surface area contributed by atoms with Crippen LogP contribution in [0.4, 0.5) is 4.39 Å². The third-order valence-electron chi connectivity index (χ3n) is 3.66. The fourth-order valence-electron chi connectivity index (χ4n) is 2.92. The minimum atomic E-state index is -0.249. The van der Waals surface area contributed by atoms with Crippen LogP contribution in [0.5, 0.6) is 0 Å². The third kappa shape index (κ3) is 3.55. The Balaban J connectivity index is 2.21. The zero-order valence-electron chi connectivity index (χ0n) is 12.0. The number of nitrogens with two attached hydrogens (primary N) is 1. The Hall–Kier alpha value is -1.01. The first-order valence-corrected chi connectivity index (χ1v) is 7.02. The number of morpholine rings is 1. The number of aliphatic hydroxyl groups is 1. The van der Waals surface area contributed by atoms with E-state index in [1.807, 2.05) is 13.8 Å². The zero-order chi connectivity index (χ0) is 14.7. The summed E-state index contributed by atoms with van der Waals surface area (Å²) in [5, 5.41) is 9.32. The second-order valence-electron chi connectivity index (χ2n) is 5.56. The Morgan fingerprint density at radius 2 is 2.05 bits per heavy atom. The Kier molecular flexibility index (Phi) is 5.10. The molecule has 1 aliphatic rings. The molecule has 4 unspecified atom stereocenters. The number of halogens is 1. The van der Waals surface area contributed by atoms with Crippen molar-refractivity contribution in [2.45, 2.75) is 38.1 Å². The smallest absolute Gasteiger partial charge is 0.123 e. The molecule has 0 bridgehead atoms. The van der Waals surface area contributed by atoms with Gasteiger partial charge >= 0.3 is 0 Å². The van der Waals surface area contributed by atoms with Crippen molar-refractivity contribution in [3.63, 3.8) is 0 Å². The summed E-state index contributed by atoms with van der Waals surface area (Å²) in [6.07, 6.45) is -0.150. The van der Waals surface area contributed by atoms with Crippen LogP contribution in [0.3, 0.4) is 0 Å². The van der Waals surface area contributed by atoms with Crippen molar-refractivity contribution in [1.82, 2.24) is 4.90 Å². The summed E-state index contributed by atoms with van der Waals surface area (Å²) in [5.41, 5.74) is 7.12. The maximum Gasteiger partial charge on any atom is 0.123 e. The van der Waals surface area contributed by atoms with Gasteiger partial charge in [-0.05, 0) is 31.5 Å². The molecule has 0 amide bonds. The van der Waals surface area contributed by atoms with Crippen molar-refractivity contribution in [2.24, 2.45) is 5.73 Å². The van der Waals surface area contributed by atoms with Crippen LogP contribution < -0.4 is 5.73 Å². The minimum absolute atomic E-state index is 0.00370. The van der Waals surface area contributed by atoms with Crippen molar-refractivity contribution in [1.29, 1.82) is 0 Å². The van der Waals surface area contributed by atoms with Crippen molar-refractivity contribution in [2.75, 3.05) is 19.7 Å². The lowest BCUT2D eigenvalue weighted by atomic mass is 9.97. The molecule has 2 rings (SSSR count). The molecule has 1 fully saturated rings. The Morgan fingerprint density at radius 1 is 1.40 bits per heavy atom. The second-order valence-corrected chi connectivity index (χ2v) is 5.56. The van der Waals surface area contributed by atoms with Gasteiger partial charge in [0.2, 0.25) is 0 Å². The number of hydrogen-bond acceptors (Lipinski definition) is 4. The van der Waals surface area contributed by atoms with Crippen molar-refractivity contribution in [3.8, 4) is 0 Å². The molecule has 0 spiro atoms. The molecule has 1 aromatic rings. The van der Waals surface area contributed by atoms with Crippen LogP contribution in [0.25, 0.3) is 0 Å². The van der Waals surface area contributed by atoms with Crippen LogP contribution in [0.1, 0.15) is 25.5 Å². The highest BCUT2D eigenvalue weighted by molar-refractivity contribution is 5.21. The topological polar surface area (TPSA) is 58.7 Å². The van der Waals surface area contributed by atoms with Crippen LogP contribution in [0.2, 0.25) is 0 Å². The number of hydrogen-bond donors (Lipinski definition) is 2. The van der Waals surface area contributed by atoms with Gasteiger partial charge in [0.25, 0.3) is 0 Å². The number of ether oxygens (including phenoxy) is 1. The molecule has 112 valence electrons. The summed E-state index contributed by atoms with van der Waals surface area (Å²) in [5.74, 6) is -0.249. The van der Waals surface area contributed by atoms with Crippen LogP contribution in [0.15, 0.2) is 24.3 Å². The molecule has 20 heavy (non-hydrogen) atoms. The Morgan fingerprint density at radius 3 is 2.60 bits per heavy atom. The van der Waals surface area contributed by atoms with E-state index in [4.69, 9.17) is 10.5 Å². The Bertz CT molecular complexity index is 424. The van der Waals surface area contributed by atoms with Crippen LogP contribution in [-0.2, 0) is 4.74 Å². The average molecular weight is 282 g/mol. The molecule has 5 heteroatoms. The first-order valence-electron chi connectivity index (χ1n) is 7.02. The van der Waals surface area contributed by atoms with Gasteiger partial charge in [-0.15, -0.1) is 0 Å². The van der Waals surface area contributed by atoms with E-state index in [2.05, 4.69) is 4.90 Å². The molecule has 1 saturated heterocycles. The van der Waals surface area contributed by atoms with Crippen LogP contribution >= 0.6 is 0 Å². The van der Waals surface area contributed by atoms with Gasteiger partial charge in [0.1, 0.15) is 5.82 Å². The Labute approximate surface area is 119 Å². The van der Waals surface area contributed by atoms with Gasteiger partial charge in [0.05, 0.1) is 18.8 Å². The second kappa shape index (κ2) is 6.63. The monoisotopic (exact) mass is 282 g/mol. The molecule has 1 aromatic carbocycles. The predicted octanol–water partition coefficient (Wildman–Crippen LogP) is 1.30. The highest BCUT2D eigenvalue weighted by atomic mass is 19.1. The highest BCUT2D eigenvalue weighted by Gasteiger charge is 2.32. The fraction of sp³-hybridized carbons (Fsp3) is 0.600. The van der Waals surface area contributed by atoms with Crippen molar-refractivity contribution >= 4 is 0 Å². The fourth-order valence-corrected chi connectivity index (χ4v) is 2.92. The number of nitrogens with zero attached hydrogens (tertiary/aromatic N) is 1. The molecular weight excluding hydrogens is 259 g/mol. The maximum atomic E-state index is 13.1. The van der Waals surface area contributed by atoms with Gasteiger partial charge in [-0.1, -0.05) is 12.1 Å². The molecule has 4 atom stereocenters. The van der Waals surface area contributed by atoms with Gasteiger partial charge < -0.3 is 15.6 Å². The summed E-state index contributed by atoms with van der Waals surface area (Å²) in [4.78, 5) is 2.22. The van der Waals surface area contributed by atoms with Gasteiger partial charge in [-0.2, -0.15) is 0 Å². The van der Waals surface area contributed by atoms with E-state index in [9.17, 15) is 9.50 Å². The standard InChI is InChI=1S/C15H23FN2O2/c1-10-7-18(8-14(9-19)20-10)15(11(2)17)12-3-5-13(16)6-4-12/h3-6,10-11,14-15,19H,7-9,17H2,1-2H3. The van der Waals surface area contributed by atoms with E-state index in [-0.39, 0.29) is 36.7 Å². The van der Waals surface area contributed by atoms with E-state index in [1.54, 1.807) is 12.1 Å². The summed E-state index contributed by atoms with van der Waals surface area (Å²) in [7, 11) is 0. The number of benzene rings is 1. The minimum Gasteiger partial charge on any atom is -0.394 e.